The van der Waals surface area contributed by atoms with Crippen LogP contribution >= 0.6 is 0 Å². The smallest absolute Gasteiger partial charge is 0.378 e. The molecule has 4 aromatic rings. The highest BCUT2D eigenvalue weighted by atomic mass is 19.4. The minimum absolute atomic E-state index is 0.152. The van der Waals surface area contributed by atoms with E-state index >= 15 is 0 Å². The number of alkyl halides is 3. The van der Waals surface area contributed by atoms with Gasteiger partial charge in [0.05, 0.1) is 29.1 Å². The van der Waals surface area contributed by atoms with Crippen molar-refractivity contribution in [3.05, 3.63) is 81.8 Å². The van der Waals surface area contributed by atoms with Crippen LogP contribution in [0.2, 0.25) is 0 Å². The molecule has 31 heavy (non-hydrogen) atoms. The molecule has 0 aliphatic rings. The van der Waals surface area contributed by atoms with Gasteiger partial charge in [0.2, 0.25) is 0 Å². The maximum absolute atomic E-state index is 13.2. The Morgan fingerprint density at radius 1 is 1.10 bits per heavy atom. The van der Waals surface area contributed by atoms with Crippen molar-refractivity contribution in [2.75, 3.05) is 7.11 Å². The summed E-state index contributed by atoms with van der Waals surface area (Å²) in [5.41, 5.74) is 8.13. The van der Waals surface area contributed by atoms with Gasteiger partial charge in [0.15, 0.2) is 0 Å². The molecule has 0 amide bonds. The zero-order valence-corrected chi connectivity index (χ0v) is 16.5. The van der Waals surface area contributed by atoms with Gasteiger partial charge in [-0.3, -0.25) is 4.79 Å². The summed E-state index contributed by atoms with van der Waals surface area (Å²) in [4.78, 5) is 15.2. The number of ether oxygens (including phenoxy) is 1. The lowest BCUT2D eigenvalue weighted by Gasteiger charge is -2.10. The number of halogens is 3. The number of hydrogen-bond acceptors (Lipinski definition) is 4. The van der Waals surface area contributed by atoms with Gasteiger partial charge < -0.3 is 15.5 Å². The second-order valence-corrected chi connectivity index (χ2v) is 7.01. The van der Waals surface area contributed by atoms with E-state index in [4.69, 9.17) is 10.5 Å². The Morgan fingerprint density at radius 2 is 1.84 bits per heavy atom. The molecule has 3 N–H and O–H groups in total. The minimum Gasteiger partial charge on any atom is -0.378 e. The Balaban J connectivity index is 1.98. The van der Waals surface area contributed by atoms with Crippen molar-refractivity contribution in [2.45, 2.75) is 19.3 Å². The van der Waals surface area contributed by atoms with Crippen LogP contribution in [0.4, 0.5) is 13.2 Å². The standard InChI is InChI=1S/C22H19F3N4O2/c1-31-12-17-20(14-7-5-13(11-26)6-8-14)21-27-19(30)10-18(29(21)28-17)15-3-2-4-16(9-15)22(23,24)25/h2-10H,11-12,26H2,1H3,(H,27,30). The van der Waals surface area contributed by atoms with Gasteiger partial charge in [-0.2, -0.15) is 18.3 Å². The third kappa shape index (κ3) is 3.97. The van der Waals surface area contributed by atoms with E-state index in [2.05, 4.69) is 10.1 Å². The van der Waals surface area contributed by atoms with E-state index in [-0.39, 0.29) is 17.9 Å². The quantitative estimate of drug-likeness (QED) is 0.504. The molecule has 2 aromatic carbocycles. The second-order valence-electron chi connectivity index (χ2n) is 7.01. The number of fused-ring (bicyclic) bond motifs is 1. The fourth-order valence-corrected chi connectivity index (χ4v) is 3.50. The number of H-pyrrole nitrogens is 1. The Kier molecular flexibility index (Phi) is 5.38. The number of aromatic nitrogens is 3. The number of hydrogen-bond donors (Lipinski definition) is 2. The molecule has 2 heterocycles. The molecule has 0 aliphatic carbocycles. The molecular weight excluding hydrogens is 409 g/mol. The van der Waals surface area contributed by atoms with E-state index < -0.39 is 17.3 Å². The van der Waals surface area contributed by atoms with E-state index in [9.17, 15) is 18.0 Å². The zero-order valence-electron chi connectivity index (χ0n) is 16.5. The average molecular weight is 428 g/mol. The summed E-state index contributed by atoms with van der Waals surface area (Å²) in [6.45, 7) is 0.538. The Bertz CT molecular complexity index is 1290. The maximum Gasteiger partial charge on any atom is 0.416 e. The number of benzene rings is 2. The van der Waals surface area contributed by atoms with Crippen molar-refractivity contribution >= 4 is 5.65 Å². The van der Waals surface area contributed by atoms with Crippen LogP contribution < -0.4 is 11.3 Å². The molecule has 0 bridgehead atoms. The number of aromatic amines is 1. The summed E-state index contributed by atoms with van der Waals surface area (Å²) in [7, 11) is 1.52. The van der Waals surface area contributed by atoms with Gasteiger partial charge in [0, 0.05) is 25.3 Å². The molecule has 0 unspecified atom stereocenters. The second kappa shape index (κ2) is 8.01. The summed E-state index contributed by atoms with van der Waals surface area (Å²) in [5, 5.41) is 4.55. The first-order chi connectivity index (χ1) is 14.8. The summed E-state index contributed by atoms with van der Waals surface area (Å²) >= 11 is 0. The zero-order chi connectivity index (χ0) is 22.2. The molecule has 0 atom stereocenters. The number of methoxy groups -OCH3 is 1. The highest BCUT2D eigenvalue weighted by Crippen LogP contribution is 2.34. The molecule has 6 nitrogen and oxygen atoms in total. The number of rotatable bonds is 5. The summed E-state index contributed by atoms with van der Waals surface area (Å²) in [6, 6.07) is 13.5. The highest BCUT2D eigenvalue weighted by Gasteiger charge is 2.30. The first kappa shape index (κ1) is 20.8. The molecule has 0 radical (unpaired) electrons. The van der Waals surface area contributed by atoms with Crippen LogP contribution in [0.1, 0.15) is 16.8 Å². The van der Waals surface area contributed by atoms with E-state index in [1.165, 1.54) is 29.8 Å². The Morgan fingerprint density at radius 3 is 2.48 bits per heavy atom. The molecular formula is C22H19F3N4O2. The SMILES string of the molecule is COCc1nn2c(-c3cccc(C(F)(F)F)c3)cc(=O)[nH]c2c1-c1ccc(CN)cc1. The van der Waals surface area contributed by atoms with Gasteiger partial charge >= 0.3 is 6.18 Å². The lowest BCUT2D eigenvalue weighted by atomic mass is 10.0. The number of nitrogens with one attached hydrogen (secondary N) is 1. The van der Waals surface area contributed by atoms with Crippen molar-refractivity contribution in [2.24, 2.45) is 5.73 Å². The first-order valence-electron chi connectivity index (χ1n) is 9.42. The van der Waals surface area contributed by atoms with Crippen LogP contribution in [0.3, 0.4) is 0 Å². The van der Waals surface area contributed by atoms with Gasteiger partial charge in [0.1, 0.15) is 5.65 Å². The fraction of sp³-hybridized carbons (Fsp3) is 0.182. The van der Waals surface area contributed by atoms with Crippen LogP contribution in [-0.2, 0) is 24.1 Å². The largest absolute Gasteiger partial charge is 0.416 e. The van der Waals surface area contributed by atoms with E-state index in [1.54, 1.807) is 0 Å². The maximum atomic E-state index is 13.2. The first-order valence-corrected chi connectivity index (χ1v) is 9.42. The average Bonchev–Trinajstić information content (AvgIpc) is 3.10. The third-order valence-electron chi connectivity index (χ3n) is 4.94. The van der Waals surface area contributed by atoms with Crippen molar-refractivity contribution < 1.29 is 17.9 Å². The van der Waals surface area contributed by atoms with Crippen LogP contribution in [0.25, 0.3) is 28.0 Å². The molecule has 0 saturated heterocycles. The molecule has 160 valence electrons. The lowest BCUT2D eigenvalue weighted by Crippen LogP contribution is -2.10. The van der Waals surface area contributed by atoms with Crippen molar-refractivity contribution in [1.29, 1.82) is 0 Å². The van der Waals surface area contributed by atoms with Crippen LogP contribution in [0, 0.1) is 0 Å². The number of nitrogens with two attached hydrogens (primary N) is 1. The van der Waals surface area contributed by atoms with Gasteiger partial charge in [-0.1, -0.05) is 36.4 Å². The predicted octanol–water partition coefficient (Wildman–Crippen LogP) is 3.98. The van der Waals surface area contributed by atoms with Crippen LogP contribution in [0.15, 0.2) is 59.4 Å². The molecule has 0 aliphatic heterocycles. The van der Waals surface area contributed by atoms with Crippen LogP contribution in [-0.4, -0.2) is 21.7 Å². The molecule has 4 rings (SSSR count). The topological polar surface area (TPSA) is 85.4 Å². The molecule has 0 spiro atoms. The van der Waals surface area contributed by atoms with Crippen molar-refractivity contribution in [1.82, 2.24) is 14.6 Å². The monoisotopic (exact) mass is 428 g/mol. The van der Waals surface area contributed by atoms with Gasteiger partial charge in [0.25, 0.3) is 5.56 Å². The third-order valence-corrected chi connectivity index (χ3v) is 4.94. The van der Waals surface area contributed by atoms with Crippen molar-refractivity contribution in [3.63, 3.8) is 0 Å². The Labute approximate surface area is 175 Å². The lowest BCUT2D eigenvalue weighted by molar-refractivity contribution is -0.137. The number of nitrogens with zero attached hydrogens (tertiary/aromatic N) is 2. The summed E-state index contributed by atoms with van der Waals surface area (Å²) in [6.07, 6.45) is -4.50. The van der Waals surface area contributed by atoms with Crippen molar-refractivity contribution in [3.8, 4) is 22.4 Å². The van der Waals surface area contributed by atoms with Crippen LogP contribution in [0.5, 0.6) is 0 Å². The molecule has 0 fully saturated rings. The molecule has 2 aromatic heterocycles. The Hall–Kier alpha value is -3.43. The van der Waals surface area contributed by atoms with E-state index in [1.807, 2.05) is 24.3 Å². The van der Waals surface area contributed by atoms with Gasteiger partial charge in [-0.05, 0) is 23.3 Å². The molecule has 9 heteroatoms. The fourth-order valence-electron chi connectivity index (χ4n) is 3.50. The summed E-state index contributed by atoms with van der Waals surface area (Å²) in [5.74, 6) is 0. The predicted molar refractivity (Wildman–Crippen MR) is 110 cm³/mol. The van der Waals surface area contributed by atoms with Gasteiger partial charge in [-0.25, -0.2) is 4.52 Å². The summed E-state index contributed by atoms with van der Waals surface area (Å²) < 4.78 is 46.3. The van der Waals surface area contributed by atoms with Gasteiger partial charge in [-0.15, -0.1) is 0 Å². The normalized spacial score (nSPS) is 11.9. The molecule has 0 saturated carbocycles. The van der Waals surface area contributed by atoms with E-state index in [0.717, 1.165) is 23.3 Å². The van der Waals surface area contributed by atoms with E-state index in [0.29, 0.717) is 23.4 Å². The highest BCUT2D eigenvalue weighted by molar-refractivity contribution is 5.81. The minimum atomic E-state index is -4.50.